The monoisotopic (exact) mass is 295 g/mol. The van der Waals surface area contributed by atoms with Crippen LogP contribution in [-0.4, -0.2) is 35.2 Å². The van der Waals surface area contributed by atoms with Crippen molar-refractivity contribution in [2.24, 2.45) is 5.10 Å². The predicted octanol–water partition coefficient (Wildman–Crippen LogP) is 2.98. The molecular weight excluding hydrogens is 274 g/mol. The Balaban J connectivity index is 1.60. The molecule has 2 aliphatic carbocycles. The van der Waals surface area contributed by atoms with E-state index in [0.29, 0.717) is 11.8 Å². The molecule has 0 bridgehead atoms. The zero-order valence-electron chi connectivity index (χ0n) is 13.1. The van der Waals surface area contributed by atoms with E-state index in [2.05, 4.69) is 44.5 Å². The molecular formula is C17H21N5. The fourth-order valence-corrected chi connectivity index (χ4v) is 2.60. The van der Waals surface area contributed by atoms with E-state index in [0.717, 1.165) is 17.2 Å². The molecule has 0 atom stereocenters. The summed E-state index contributed by atoms with van der Waals surface area (Å²) in [4.78, 5) is 2.09. The smallest absolute Gasteiger partial charge is 0.157 e. The van der Waals surface area contributed by atoms with Crippen LogP contribution in [0.1, 0.15) is 54.7 Å². The molecule has 0 spiro atoms. The van der Waals surface area contributed by atoms with Gasteiger partial charge in [-0.3, -0.25) is 0 Å². The molecule has 0 N–H and O–H groups in total. The average Bonchev–Trinajstić information content (AvgIpc) is 3.44. The number of hydrogen-bond donors (Lipinski definition) is 0. The summed E-state index contributed by atoms with van der Waals surface area (Å²) in [5.41, 5.74) is 2.29. The second kappa shape index (κ2) is 5.23. The minimum absolute atomic E-state index is 0.563. The summed E-state index contributed by atoms with van der Waals surface area (Å²) in [6.07, 6.45) is 6.79. The minimum Gasteiger partial charge on any atom is -0.378 e. The lowest BCUT2D eigenvalue weighted by atomic mass is 10.2. The normalized spacial score (nSPS) is 18.1. The Labute approximate surface area is 130 Å². The zero-order chi connectivity index (χ0) is 15.1. The second-order valence-electron chi connectivity index (χ2n) is 6.51. The molecule has 2 fully saturated rings. The van der Waals surface area contributed by atoms with Crippen LogP contribution in [0.4, 0.5) is 5.69 Å². The summed E-state index contributed by atoms with van der Waals surface area (Å²) in [6.45, 7) is 0. The molecule has 5 heteroatoms. The number of aromatic nitrogens is 3. The predicted molar refractivity (Wildman–Crippen MR) is 87.7 cm³/mol. The van der Waals surface area contributed by atoms with Crippen molar-refractivity contribution in [1.82, 2.24) is 14.9 Å². The van der Waals surface area contributed by atoms with Crippen LogP contribution in [0.2, 0.25) is 0 Å². The molecule has 2 saturated carbocycles. The number of nitrogens with zero attached hydrogens (tertiary/aromatic N) is 5. The molecule has 0 unspecified atom stereocenters. The van der Waals surface area contributed by atoms with E-state index >= 15 is 0 Å². The van der Waals surface area contributed by atoms with E-state index in [-0.39, 0.29) is 0 Å². The van der Waals surface area contributed by atoms with Crippen LogP contribution in [0.25, 0.3) is 0 Å². The summed E-state index contributed by atoms with van der Waals surface area (Å²) in [5, 5.41) is 13.4. The van der Waals surface area contributed by atoms with Crippen LogP contribution in [0, 0.1) is 0 Å². The third-order valence-corrected chi connectivity index (χ3v) is 4.31. The van der Waals surface area contributed by atoms with Gasteiger partial charge >= 0.3 is 0 Å². The van der Waals surface area contributed by atoms with Crippen LogP contribution in [0.3, 0.4) is 0 Å². The van der Waals surface area contributed by atoms with Gasteiger partial charge in [0.05, 0.1) is 6.21 Å². The van der Waals surface area contributed by atoms with Crippen LogP contribution < -0.4 is 4.90 Å². The Hall–Kier alpha value is -2.17. The molecule has 1 heterocycles. The van der Waals surface area contributed by atoms with E-state index in [4.69, 9.17) is 0 Å². The van der Waals surface area contributed by atoms with Crippen molar-refractivity contribution < 1.29 is 0 Å². The van der Waals surface area contributed by atoms with Crippen molar-refractivity contribution in [2.75, 3.05) is 19.0 Å². The summed E-state index contributed by atoms with van der Waals surface area (Å²) in [7, 11) is 4.09. The Bertz CT molecular complexity index is 661. The summed E-state index contributed by atoms with van der Waals surface area (Å²) in [6, 6.07) is 8.40. The minimum atomic E-state index is 0.563. The molecule has 5 nitrogen and oxygen atoms in total. The Morgan fingerprint density at radius 2 is 1.55 bits per heavy atom. The third-order valence-electron chi connectivity index (χ3n) is 4.31. The van der Waals surface area contributed by atoms with Gasteiger partial charge in [0.1, 0.15) is 0 Å². The number of benzene rings is 1. The first-order chi connectivity index (χ1) is 10.7. The third kappa shape index (κ3) is 2.63. The fraction of sp³-hybridized carbons (Fsp3) is 0.471. The Kier molecular flexibility index (Phi) is 3.21. The molecule has 4 rings (SSSR count). The number of rotatable bonds is 5. The molecule has 0 aliphatic heterocycles. The summed E-state index contributed by atoms with van der Waals surface area (Å²) < 4.78 is 2.00. The maximum atomic E-state index is 4.69. The molecule has 1 aromatic heterocycles. The van der Waals surface area contributed by atoms with E-state index in [1.807, 2.05) is 25.0 Å². The molecule has 1 aromatic carbocycles. The van der Waals surface area contributed by atoms with Gasteiger partial charge in [0.15, 0.2) is 11.6 Å². The van der Waals surface area contributed by atoms with Gasteiger partial charge in [-0.2, -0.15) is 5.10 Å². The number of anilines is 1. The van der Waals surface area contributed by atoms with Crippen LogP contribution in [-0.2, 0) is 0 Å². The highest BCUT2D eigenvalue weighted by atomic mass is 15.5. The van der Waals surface area contributed by atoms with Gasteiger partial charge < -0.3 is 4.90 Å². The highest BCUT2D eigenvalue weighted by molar-refractivity contribution is 5.80. The van der Waals surface area contributed by atoms with E-state index in [1.165, 1.54) is 31.4 Å². The second-order valence-corrected chi connectivity index (χ2v) is 6.51. The van der Waals surface area contributed by atoms with E-state index < -0.39 is 0 Å². The quantitative estimate of drug-likeness (QED) is 0.797. The average molecular weight is 295 g/mol. The van der Waals surface area contributed by atoms with E-state index in [1.54, 1.807) is 0 Å². The lowest BCUT2D eigenvalue weighted by Gasteiger charge is -2.11. The van der Waals surface area contributed by atoms with Crippen LogP contribution in [0.5, 0.6) is 0 Å². The van der Waals surface area contributed by atoms with Gasteiger partial charge in [-0.05, 0) is 43.4 Å². The topological polar surface area (TPSA) is 46.3 Å². The van der Waals surface area contributed by atoms with Gasteiger partial charge in [-0.25, -0.2) is 4.68 Å². The first kappa shape index (κ1) is 13.5. The van der Waals surface area contributed by atoms with Crippen molar-refractivity contribution in [2.45, 2.75) is 37.5 Å². The Morgan fingerprint density at radius 3 is 2.00 bits per heavy atom. The maximum absolute atomic E-state index is 4.69. The van der Waals surface area contributed by atoms with Gasteiger partial charge in [-0.1, -0.05) is 12.1 Å². The van der Waals surface area contributed by atoms with Gasteiger partial charge in [0.2, 0.25) is 0 Å². The van der Waals surface area contributed by atoms with Crippen molar-refractivity contribution in [1.29, 1.82) is 0 Å². The zero-order valence-corrected chi connectivity index (χ0v) is 13.1. The maximum Gasteiger partial charge on any atom is 0.157 e. The van der Waals surface area contributed by atoms with Crippen molar-refractivity contribution in [3.63, 3.8) is 0 Å². The van der Waals surface area contributed by atoms with Crippen LogP contribution >= 0.6 is 0 Å². The molecule has 2 aromatic rings. The van der Waals surface area contributed by atoms with Crippen molar-refractivity contribution >= 4 is 11.9 Å². The molecule has 22 heavy (non-hydrogen) atoms. The summed E-state index contributed by atoms with van der Waals surface area (Å²) in [5.74, 6) is 3.22. The summed E-state index contributed by atoms with van der Waals surface area (Å²) >= 11 is 0. The lowest BCUT2D eigenvalue weighted by molar-refractivity contribution is 0.732. The standard InChI is InChI=1S/C17H21N5/c1-21(2)15-9-3-12(4-10-15)11-18-22-16(13-5-6-13)19-20-17(22)14-7-8-14/h3-4,9-11,13-14H,5-8H2,1-2H3/b18-11+. The lowest BCUT2D eigenvalue weighted by Crippen LogP contribution is -2.08. The molecule has 114 valence electrons. The van der Waals surface area contributed by atoms with Gasteiger partial charge in [0, 0.05) is 31.6 Å². The fourth-order valence-electron chi connectivity index (χ4n) is 2.60. The number of hydrogen-bond acceptors (Lipinski definition) is 4. The molecule has 0 saturated heterocycles. The van der Waals surface area contributed by atoms with Crippen LogP contribution in [0.15, 0.2) is 29.4 Å². The first-order valence-electron chi connectivity index (χ1n) is 7.99. The Morgan fingerprint density at radius 1 is 1.00 bits per heavy atom. The SMILES string of the molecule is CN(C)c1ccc(/C=N/n2c(C3CC3)nnc2C2CC2)cc1. The largest absolute Gasteiger partial charge is 0.378 e. The molecule has 0 radical (unpaired) electrons. The van der Waals surface area contributed by atoms with Gasteiger partial charge in [0.25, 0.3) is 0 Å². The van der Waals surface area contributed by atoms with E-state index in [9.17, 15) is 0 Å². The molecule has 2 aliphatic rings. The van der Waals surface area contributed by atoms with Gasteiger partial charge in [-0.15, -0.1) is 10.2 Å². The first-order valence-corrected chi connectivity index (χ1v) is 7.99. The highest BCUT2D eigenvalue weighted by Crippen LogP contribution is 2.43. The molecule has 0 amide bonds. The van der Waals surface area contributed by atoms with Crippen molar-refractivity contribution in [3.8, 4) is 0 Å². The van der Waals surface area contributed by atoms with Crippen molar-refractivity contribution in [3.05, 3.63) is 41.5 Å². The highest BCUT2D eigenvalue weighted by Gasteiger charge is 2.35.